The van der Waals surface area contributed by atoms with Crippen molar-refractivity contribution in [2.75, 3.05) is 26.2 Å². The van der Waals surface area contributed by atoms with Gasteiger partial charge in [0.15, 0.2) is 0 Å². The first-order chi connectivity index (χ1) is 13.1. The summed E-state index contributed by atoms with van der Waals surface area (Å²) in [6.45, 7) is 2.73. The van der Waals surface area contributed by atoms with Gasteiger partial charge in [0.25, 0.3) is 5.91 Å². The van der Waals surface area contributed by atoms with Crippen LogP contribution in [0.2, 0.25) is 0 Å². The summed E-state index contributed by atoms with van der Waals surface area (Å²) in [5.41, 5.74) is -0.152. The minimum Gasteiger partial charge on any atom is -0.338 e. The summed E-state index contributed by atoms with van der Waals surface area (Å²) in [7, 11) is 0. The standard InChI is InChI=1S/C20H25F2N3O2/c21-14-5-6-15(16(22)12-14)19(26)25-17-4-2-1-3-13(17)11-18(25)20(27)24-9-7-23-8-10-24/h5-6,12-13,17-18,23H,1-4,7-11H2. The third-order valence-electron chi connectivity index (χ3n) is 6.20. The summed E-state index contributed by atoms with van der Waals surface area (Å²) in [6.07, 6.45) is 4.58. The number of nitrogens with zero attached hydrogens (tertiary/aromatic N) is 2. The number of amides is 2. The maximum absolute atomic E-state index is 14.3. The summed E-state index contributed by atoms with van der Waals surface area (Å²) in [5.74, 6) is -1.83. The number of halogens is 2. The Balaban J connectivity index is 1.64. The van der Waals surface area contributed by atoms with Gasteiger partial charge < -0.3 is 15.1 Å². The van der Waals surface area contributed by atoms with E-state index in [0.29, 0.717) is 19.5 Å². The summed E-state index contributed by atoms with van der Waals surface area (Å²) in [6, 6.07) is 2.43. The first kappa shape index (κ1) is 18.3. The van der Waals surface area contributed by atoms with Gasteiger partial charge in [-0.25, -0.2) is 8.78 Å². The van der Waals surface area contributed by atoms with E-state index in [-0.39, 0.29) is 23.4 Å². The lowest BCUT2D eigenvalue weighted by Gasteiger charge is -2.36. The predicted octanol–water partition coefficient (Wildman–Crippen LogP) is 2.17. The molecule has 0 bridgehead atoms. The van der Waals surface area contributed by atoms with E-state index in [1.54, 1.807) is 9.80 Å². The molecule has 2 heterocycles. The summed E-state index contributed by atoms with van der Waals surface area (Å²) >= 11 is 0. The van der Waals surface area contributed by atoms with Crippen LogP contribution in [0.1, 0.15) is 42.5 Å². The fraction of sp³-hybridized carbons (Fsp3) is 0.600. The zero-order valence-electron chi connectivity index (χ0n) is 15.3. The molecule has 4 rings (SSSR count). The van der Waals surface area contributed by atoms with E-state index in [1.807, 2.05) is 0 Å². The van der Waals surface area contributed by atoms with Crippen LogP contribution in [0.4, 0.5) is 8.78 Å². The number of nitrogens with one attached hydrogen (secondary N) is 1. The van der Waals surface area contributed by atoms with Crippen LogP contribution in [0.3, 0.4) is 0 Å². The average Bonchev–Trinajstić information content (AvgIpc) is 3.07. The first-order valence-electron chi connectivity index (χ1n) is 9.83. The molecular weight excluding hydrogens is 352 g/mol. The molecule has 7 heteroatoms. The molecule has 1 saturated carbocycles. The highest BCUT2D eigenvalue weighted by atomic mass is 19.1. The van der Waals surface area contributed by atoms with E-state index in [0.717, 1.165) is 50.9 Å². The number of fused-ring (bicyclic) bond motifs is 1. The molecule has 1 aromatic carbocycles. The molecule has 2 amide bonds. The van der Waals surface area contributed by atoms with Gasteiger partial charge in [-0.2, -0.15) is 0 Å². The van der Waals surface area contributed by atoms with Crippen molar-refractivity contribution < 1.29 is 18.4 Å². The number of benzene rings is 1. The van der Waals surface area contributed by atoms with Gasteiger partial charge in [0.1, 0.15) is 17.7 Å². The zero-order valence-corrected chi connectivity index (χ0v) is 15.3. The predicted molar refractivity (Wildman–Crippen MR) is 96.1 cm³/mol. The summed E-state index contributed by atoms with van der Waals surface area (Å²) < 4.78 is 27.5. The largest absolute Gasteiger partial charge is 0.338 e. The van der Waals surface area contributed by atoms with Crippen LogP contribution in [0, 0.1) is 17.6 Å². The Labute approximate surface area is 157 Å². The number of likely N-dealkylation sites (tertiary alicyclic amines) is 1. The molecule has 0 radical (unpaired) electrons. The summed E-state index contributed by atoms with van der Waals surface area (Å²) in [4.78, 5) is 29.8. The molecule has 1 aromatic rings. The van der Waals surface area contributed by atoms with Crippen LogP contribution in [-0.4, -0.2) is 59.9 Å². The van der Waals surface area contributed by atoms with Crippen molar-refractivity contribution in [3.05, 3.63) is 35.4 Å². The monoisotopic (exact) mass is 377 g/mol. The van der Waals surface area contributed by atoms with Gasteiger partial charge in [-0.05, 0) is 37.3 Å². The lowest BCUT2D eigenvalue weighted by Crippen LogP contribution is -2.54. The van der Waals surface area contributed by atoms with Gasteiger partial charge in [-0.1, -0.05) is 12.8 Å². The molecule has 5 nitrogen and oxygen atoms in total. The van der Waals surface area contributed by atoms with E-state index in [2.05, 4.69) is 5.32 Å². The Morgan fingerprint density at radius 3 is 2.56 bits per heavy atom. The van der Waals surface area contributed by atoms with Crippen molar-refractivity contribution in [1.82, 2.24) is 15.1 Å². The van der Waals surface area contributed by atoms with Gasteiger partial charge in [0.05, 0.1) is 5.56 Å². The number of carbonyl (C=O) groups is 2. The molecule has 3 atom stereocenters. The minimum absolute atomic E-state index is 0.0347. The Kier molecular flexibility index (Phi) is 5.12. The van der Waals surface area contributed by atoms with Crippen molar-refractivity contribution in [3.63, 3.8) is 0 Å². The van der Waals surface area contributed by atoms with Crippen molar-refractivity contribution >= 4 is 11.8 Å². The highest BCUT2D eigenvalue weighted by Gasteiger charge is 2.48. The Hall–Kier alpha value is -2.02. The molecule has 2 aliphatic heterocycles. The number of rotatable bonds is 2. The molecular formula is C20H25F2N3O2. The highest BCUT2D eigenvalue weighted by Crippen LogP contribution is 2.41. The smallest absolute Gasteiger partial charge is 0.257 e. The van der Waals surface area contributed by atoms with Crippen molar-refractivity contribution in [1.29, 1.82) is 0 Å². The molecule has 146 valence electrons. The second kappa shape index (κ2) is 7.54. The normalized spacial score (nSPS) is 28.1. The average molecular weight is 377 g/mol. The maximum atomic E-state index is 14.3. The molecule has 0 spiro atoms. The third-order valence-corrected chi connectivity index (χ3v) is 6.20. The van der Waals surface area contributed by atoms with Gasteiger partial charge >= 0.3 is 0 Å². The number of piperazine rings is 1. The fourth-order valence-electron chi connectivity index (χ4n) is 4.87. The van der Waals surface area contributed by atoms with Gasteiger partial charge in [0.2, 0.25) is 5.91 Å². The first-order valence-corrected chi connectivity index (χ1v) is 9.83. The SMILES string of the molecule is O=C(C1CC2CCCCC2N1C(=O)c1ccc(F)cc1F)N1CCNCC1. The molecule has 3 aliphatic rings. The highest BCUT2D eigenvalue weighted by molar-refractivity contribution is 5.98. The molecule has 2 saturated heterocycles. The maximum Gasteiger partial charge on any atom is 0.257 e. The summed E-state index contributed by atoms with van der Waals surface area (Å²) in [5, 5.41) is 3.22. The van der Waals surface area contributed by atoms with Gasteiger partial charge in [-0.3, -0.25) is 9.59 Å². The lowest BCUT2D eigenvalue weighted by atomic mass is 9.84. The van der Waals surface area contributed by atoms with E-state index in [9.17, 15) is 18.4 Å². The van der Waals surface area contributed by atoms with Crippen LogP contribution in [-0.2, 0) is 4.79 Å². The second-order valence-corrected chi connectivity index (χ2v) is 7.78. The van der Waals surface area contributed by atoms with Crippen LogP contribution in [0.15, 0.2) is 18.2 Å². The van der Waals surface area contributed by atoms with Crippen molar-refractivity contribution in [2.24, 2.45) is 5.92 Å². The lowest BCUT2D eigenvalue weighted by molar-refractivity contribution is -0.136. The van der Waals surface area contributed by atoms with Crippen LogP contribution < -0.4 is 5.32 Å². The van der Waals surface area contributed by atoms with Crippen molar-refractivity contribution in [2.45, 2.75) is 44.2 Å². The van der Waals surface area contributed by atoms with Crippen LogP contribution in [0.5, 0.6) is 0 Å². The number of hydrogen-bond acceptors (Lipinski definition) is 3. The Bertz CT molecular complexity index is 736. The topological polar surface area (TPSA) is 52.7 Å². The molecule has 1 aliphatic carbocycles. The van der Waals surface area contributed by atoms with Crippen LogP contribution >= 0.6 is 0 Å². The van der Waals surface area contributed by atoms with Gasteiger partial charge in [-0.15, -0.1) is 0 Å². The van der Waals surface area contributed by atoms with Crippen LogP contribution in [0.25, 0.3) is 0 Å². The van der Waals surface area contributed by atoms with E-state index in [1.165, 1.54) is 6.07 Å². The Morgan fingerprint density at radius 2 is 1.81 bits per heavy atom. The molecule has 1 N–H and O–H groups in total. The molecule has 3 unspecified atom stereocenters. The fourth-order valence-corrected chi connectivity index (χ4v) is 4.87. The minimum atomic E-state index is -0.868. The van der Waals surface area contributed by atoms with E-state index < -0.39 is 23.6 Å². The quantitative estimate of drug-likeness (QED) is 0.860. The number of carbonyl (C=O) groups excluding carboxylic acids is 2. The zero-order chi connectivity index (χ0) is 19.0. The van der Waals surface area contributed by atoms with Crippen molar-refractivity contribution in [3.8, 4) is 0 Å². The van der Waals surface area contributed by atoms with Gasteiger partial charge in [0, 0.05) is 38.3 Å². The van der Waals surface area contributed by atoms with E-state index >= 15 is 0 Å². The molecule has 0 aromatic heterocycles. The Morgan fingerprint density at radius 1 is 1.07 bits per heavy atom. The third kappa shape index (κ3) is 3.45. The number of hydrogen-bond donors (Lipinski definition) is 1. The molecule has 3 fully saturated rings. The van der Waals surface area contributed by atoms with E-state index in [4.69, 9.17) is 0 Å². The molecule has 27 heavy (non-hydrogen) atoms. The second-order valence-electron chi connectivity index (χ2n) is 7.78.